The number of aromatic amines is 6. The summed E-state index contributed by atoms with van der Waals surface area (Å²) in [6.45, 7) is 8.10. The molecule has 0 saturated carbocycles. The molecule has 91 heavy (non-hydrogen) atoms. The molecule has 6 aromatic heterocycles. The van der Waals surface area contributed by atoms with E-state index in [1.165, 1.54) is 117 Å². The minimum absolute atomic E-state index is 0.184. The van der Waals surface area contributed by atoms with Crippen molar-refractivity contribution in [2.45, 2.75) is 153 Å². The Morgan fingerprint density at radius 1 is 0.308 bits per heavy atom. The van der Waals surface area contributed by atoms with Crippen LogP contribution in [0.4, 0.5) is 0 Å². The number of aliphatic carboxylic acids is 1. The Labute approximate surface area is 518 Å². The molecule has 37 heteroatoms. The van der Waals surface area contributed by atoms with Crippen molar-refractivity contribution >= 4 is 70.9 Å². The molecule has 20 N–H and O–H groups in total. The molecular weight excluding hydrogens is 1190 g/mol. The Bertz CT molecular complexity index is 3370. The summed E-state index contributed by atoms with van der Waals surface area (Å²) in [6, 6.07) is -15.9. The summed E-state index contributed by atoms with van der Waals surface area (Å²) >= 11 is 0. The zero-order valence-electron chi connectivity index (χ0n) is 50.2. The van der Waals surface area contributed by atoms with Gasteiger partial charge >= 0.3 is 5.97 Å². The van der Waals surface area contributed by atoms with Crippen LogP contribution in [0.1, 0.15) is 75.7 Å². The van der Waals surface area contributed by atoms with E-state index in [0.29, 0.717) is 34.2 Å². The van der Waals surface area contributed by atoms with Crippen LogP contribution in [-0.4, -0.2) is 208 Å². The molecule has 0 fully saturated rings. The van der Waals surface area contributed by atoms with Gasteiger partial charge < -0.3 is 99.2 Å². The Hall–Kier alpha value is -11.1. The van der Waals surface area contributed by atoms with Gasteiger partial charge in [0.1, 0.15) is 66.5 Å². The Balaban J connectivity index is 1.14. The van der Waals surface area contributed by atoms with Crippen LogP contribution in [0.25, 0.3) is 0 Å². The largest absolute Gasteiger partial charge is 0.480 e. The number of carbonyl (C=O) groups excluding carboxylic acids is 11. The Morgan fingerprint density at radius 3 is 0.670 bits per heavy atom. The molecule has 6 rings (SSSR count). The van der Waals surface area contributed by atoms with Crippen molar-refractivity contribution in [3.05, 3.63) is 109 Å². The van der Waals surface area contributed by atoms with Crippen LogP contribution in [-0.2, 0) is 96.1 Å². The molecule has 0 unspecified atom stereocenters. The van der Waals surface area contributed by atoms with Gasteiger partial charge in [-0.2, -0.15) is 0 Å². The number of nitrogens with two attached hydrogens (primary N) is 1. The maximum absolute atomic E-state index is 14.7. The average Bonchev–Trinajstić information content (AvgIpc) is 2.39. The molecule has 0 aromatic carbocycles. The van der Waals surface area contributed by atoms with Crippen LogP contribution in [0.2, 0.25) is 0 Å². The van der Waals surface area contributed by atoms with E-state index in [2.05, 4.69) is 118 Å². The van der Waals surface area contributed by atoms with Crippen LogP contribution in [0.15, 0.2) is 75.1 Å². The highest BCUT2D eigenvalue weighted by Crippen LogP contribution is 2.10. The molecule has 37 nitrogen and oxygen atoms in total. The lowest BCUT2D eigenvalue weighted by Crippen LogP contribution is -2.61. The maximum atomic E-state index is 14.7. The van der Waals surface area contributed by atoms with E-state index in [1.54, 1.807) is 0 Å². The van der Waals surface area contributed by atoms with E-state index in [9.17, 15) is 62.6 Å². The van der Waals surface area contributed by atoms with E-state index >= 15 is 0 Å². The smallest absolute Gasteiger partial charge is 0.326 e. The number of hydrogen-bond acceptors (Lipinski definition) is 19. The SMILES string of the molecule is C[C@H](N)C(=O)N[C@@H](C)C(=O)N[C@@H](C)C(=O)N[C@@H](C)C(=O)N[C@@H](C)C(=O)N[C@@H](C)C(=O)N[C@@H](Cc1cnc[nH]1)C(=O)N[C@@H](Cc1cnc[nH]1)C(=O)N[C@@H](Cc1cnc[nH]1)C(=O)N[C@@H](Cc1cnc[nH]1)C(=O)N[C@@H](Cc1cnc[nH]1)C(=O)N[C@@H](Cc1cnc[nH]1)C(=O)O. The lowest BCUT2D eigenvalue weighted by Gasteiger charge is -2.27. The summed E-state index contributed by atoms with van der Waals surface area (Å²) in [5.74, 6) is -10.6. The maximum Gasteiger partial charge on any atom is 0.326 e. The van der Waals surface area contributed by atoms with Crippen LogP contribution in [0, 0.1) is 0 Å². The lowest BCUT2D eigenvalue weighted by molar-refractivity contribution is -0.142. The van der Waals surface area contributed by atoms with Gasteiger partial charge in [0.05, 0.1) is 44.0 Å². The van der Waals surface area contributed by atoms with Crippen molar-refractivity contribution in [3.63, 3.8) is 0 Å². The molecule has 6 aromatic rings. The third-order valence-corrected chi connectivity index (χ3v) is 13.8. The van der Waals surface area contributed by atoms with Gasteiger partial charge in [0.2, 0.25) is 65.0 Å². The summed E-state index contributed by atoms with van der Waals surface area (Å²) in [7, 11) is 0. The number of carboxylic acids is 1. The topological polar surface area (TPSA) is 555 Å². The molecule has 0 aliphatic heterocycles. The Kier molecular flexibility index (Phi) is 25.2. The second-order valence-corrected chi connectivity index (χ2v) is 21.3. The molecular formula is C54H74N24O13. The van der Waals surface area contributed by atoms with E-state index in [1.807, 2.05) is 0 Å². The fourth-order valence-electron chi connectivity index (χ4n) is 8.63. The highest BCUT2D eigenvalue weighted by molar-refractivity contribution is 5.99. The summed E-state index contributed by atoms with van der Waals surface area (Å²) in [6.07, 6.45) is 14.9. The third kappa shape index (κ3) is 21.6. The number of H-pyrrole nitrogens is 6. The first-order valence-corrected chi connectivity index (χ1v) is 28.5. The minimum Gasteiger partial charge on any atom is -0.480 e. The molecule has 12 atom stereocenters. The zero-order chi connectivity index (χ0) is 66.3. The first kappa shape index (κ1) is 69.0. The minimum atomic E-state index is -1.53. The number of nitrogens with zero attached hydrogens (tertiary/aromatic N) is 6. The number of imidazole rings is 6. The van der Waals surface area contributed by atoms with Gasteiger partial charge in [-0.25, -0.2) is 34.7 Å². The fraction of sp³-hybridized carbons (Fsp3) is 0.444. The molecule has 0 aliphatic carbocycles. The predicted molar refractivity (Wildman–Crippen MR) is 315 cm³/mol. The summed E-state index contributed by atoms with van der Waals surface area (Å²) in [4.78, 5) is 203. The van der Waals surface area contributed by atoms with Gasteiger partial charge in [0.15, 0.2) is 0 Å². The van der Waals surface area contributed by atoms with Gasteiger partial charge in [-0.05, 0) is 41.5 Å². The second kappa shape index (κ2) is 33.3. The predicted octanol–water partition coefficient (Wildman–Crippen LogP) is -6.35. The van der Waals surface area contributed by atoms with Gasteiger partial charge in [0.25, 0.3) is 0 Å². The van der Waals surface area contributed by atoms with E-state index in [-0.39, 0.29) is 38.5 Å². The van der Waals surface area contributed by atoms with Gasteiger partial charge in [0, 0.05) is 110 Å². The molecule has 11 amide bonds. The number of amides is 11. The van der Waals surface area contributed by atoms with Crippen molar-refractivity contribution in [1.82, 2.24) is 118 Å². The number of nitrogens with one attached hydrogen (secondary N) is 17. The molecule has 0 radical (unpaired) electrons. The monoisotopic (exact) mass is 1270 g/mol. The highest BCUT2D eigenvalue weighted by Gasteiger charge is 2.36. The second-order valence-electron chi connectivity index (χ2n) is 21.3. The van der Waals surface area contributed by atoms with E-state index in [4.69, 9.17) is 5.73 Å². The van der Waals surface area contributed by atoms with Crippen molar-refractivity contribution in [2.24, 2.45) is 5.73 Å². The molecule has 0 saturated heterocycles. The molecule has 0 aliphatic rings. The van der Waals surface area contributed by atoms with E-state index < -0.39 is 143 Å². The average molecular weight is 1270 g/mol. The Morgan fingerprint density at radius 2 is 0.484 bits per heavy atom. The summed E-state index contributed by atoms with van der Waals surface area (Å²) < 4.78 is 0. The lowest BCUT2D eigenvalue weighted by atomic mass is 10.0. The van der Waals surface area contributed by atoms with E-state index in [0.717, 1.165) is 0 Å². The van der Waals surface area contributed by atoms with Crippen molar-refractivity contribution in [1.29, 1.82) is 0 Å². The number of carbonyl (C=O) groups is 12. The molecule has 0 bridgehead atoms. The molecule has 488 valence electrons. The molecule has 0 spiro atoms. The van der Waals surface area contributed by atoms with Crippen LogP contribution in [0.5, 0.6) is 0 Å². The summed E-state index contributed by atoms with van der Waals surface area (Å²) in [5.41, 5.74) is 7.71. The number of hydrogen-bond donors (Lipinski definition) is 19. The van der Waals surface area contributed by atoms with Crippen LogP contribution in [0.3, 0.4) is 0 Å². The quantitative estimate of drug-likeness (QED) is 0.0176. The molecule has 6 heterocycles. The highest BCUT2D eigenvalue weighted by atomic mass is 16.4. The van der Waals surface area contributed by atoms with Gasteiger partial charge in [-0.3, -0.25) is 52.7 Å². The van der Waals surface area contributed by atoms with Crippen LogP contribution >= 0.6 is 0 Å². The number of aromatic nitrogens is 12. The first-order valence-electron chi connectivity index (χ1n) is 28.5. The van der Waals surface area contributed by atoms with Gasteiger partial charge in [-0.1, -0.05) is 0 Å². The van der Waals surface area contributed by atoms with Crippen molar-refractivity contribution in [2.75, 3.05) is 0 Å². The number of carboxylic acid groups (broad SMARTS) is 1. The fourth-order valence-corrected chi connectivity index (χ4v) is 8.63. The van der Waals surface area contributed by atoms with Crippen molar-refractivity contribution < 1.29 is 62.6 Å². The van der Waals surface area contributed by atoms with Gasteiger partial charge in [-0.15, -0.1) is 0 Å². The zero-order valence-corrected chi connectivity index (χ0v) is 50.2. The van der Waals surface area contributed by atoms with Crippen molar-refractivity contribution in [3.8, 4) is 0 Å². The summed E-state index contributed by atoms with van der Waals surface area (Å²) in [5, 5.41) is 37.9. The van der Waals surface area contributed by atoms with Crippen LogP contribution < -0.4 is 64.2 Å². The first-order chi connectivity index (χ1) is 43.3. The number of rotatable bonds is 35. The normalized spacial score (nSPS) is 15.1. The third-order valence-electron chi connectivity index (χ3n) is 13.8. The standard InChI is InChI=1S/C54H74N24O13/c1-25(55)43(79)68-26(2)44(80)69-27(3)45(81)70-28(4)46(82)71-29(5)47(83)72-30(6)48(84)73-37(7-31-13-56-19-62-31)49(85)74-38(8-32-14-57-20-63-32)50(86)75-39(9-33-15-58-21-64-33)51(87)76-40(10-34-16-59-22-65-34)52(88)77-41(11-35-17-60-23-66-35)53(89)78-42(54(90)91)12-36-18-61-24-67-36/h13-30,37-42H,7-12,55H2,1-6H3,(H,56,62)(H,57,63)(H,58,64)(H,59,65)(H,60,66)(H,61,67)(H,68,79)(H,69,80)(H,70,81)(H,71,82)(H,72,83)(H,73,84)(H,74,85)(H,75,86)(H,76,87)(H,77,88)(H,78,89)(H,90,91)/t25-,26-,27-,28-,29-,30-,37-,38-,39-,40-,41-,42-/m0/s1.